The molecule has 0 N–H and O–H groups in total. The topological polar surface area (TPSA) is 26.3 Å². The molecule has 2 nitrogen and oxygen atoms in total. The van der Waals surface area contributed by atoms with Crippen LogP contribution in [-0.4, -0.2) is 12.9 Å². The first-order chi connectivity index (χ1) is 9.02. The molecule has 0 heterocycles. The maximum absolute atomic E-state index is 13.6. The summed E-state index contributed by atoms with van der Waals surface area (Å²) in [6, 6.07) is 8.97. The highest BCUT2D eigenvalue weighted by atomic mass is 79.9. The number of ether oxygens (including phenoxy) is 1. The van der Waals surface area contributed by atoms with Crippen molar-refractivity contribution in [1.82, 2.24) is 0 Å². The fraction of sp³-hybridized carbons (Fsp3) is 0.0714. The highest BCUT2D eigenvalue weighted by Gasteiger charge is 2.15. The number of benzene rings is 2. The van der Waals surface area contributed by atoms with Gasteiger partial charge in [-0.2, -0.15) is 0 Å². The zero-order valence-corrected chi connectivity index (χ0v) is 12.3. The van der Waals surface area contributed by atoms with Crippen molar-refractivity contribution in [1.29, 1.82) is 0 Å². The van der Waals surface area contributed by atoms with Gasteiger partial charge in [-0.1, -0.05) is 27.5 Å². The van der Waals surface area contributed by atoms with Crippen molar-refractivity contribution in [3.05, 3.63) is 62.8 Å². The lowest BCUT2D eigenvalue weighted by molar-refractivity contribution is 0.103. The minimum Gasteiger partial charge on any atom is -0.494 e. The van der Waals surface area contributed by atoms with E-state index >= 15 is 0 Å². The second-order valence-electron chi connectivity index (χ2n) is 3.80. The third-order valence-electron chi connectivity index (χ3n) is 2.59. The smallest absolute Gasteiger partial charge is 0.194 e. The second kappa shape index (κ2) is 5.72. The molecule has 2 aromatic carbocycles. The summed E-state index contributed by atoms with van der Waals surface area (Å²) in [5.41, 5.74) is 0.553. The fourth-order valence-electron chi connectivity index (χ4n) is 1.64. The summed E-state index contributed by atoms with van der Waals surface area (Å²) in [7, 11) is 1.37. The Balaban J connectivity index is 2.41. The highest BCUT2D eigenvalue weighted by Crippen LogP contribution is 2.25. The quantitative estimate of drug-likeness (QED) is 0.768. The molecule has 0 radical (unpaired) electrons. The van der Waals surface area contributed by atoms with Crippen molar-refractivity contribution in [3.8, 4) is 5.75 Å². The van der Waals surface area contributed by atoms with E-state index in [9.17, 15) is 9.18 Å². The molecular weight excluding hydrogens is 335 g/mol. The minimum absolute atomic E-state index is 0.0958. The number of ketones is 1. The number of carbonyl (C=O) groups is 1. The van der Waals surface area contributed by atoms with E-state index in [-0.39, 0.29) is 17.1 Å². The van der Waals surface area contributed by atoms with Crippen LogP contribution in [0.1, 0.15) is 15.9 Å². The van der Waals surface area contributed by atoms with Gasteiger partial charge in [0.1, 0.15) is 0 Å². The van der Waals surface area contributed by atoms with Crippen molar-refractivity contribution in [2.45, 2.75) is 0 Å². The average molecular weight is 344 g/mol. The van der Waals surface area contributed by atoms with Crippen molar-refractivity contribution >= 4 is 33.3 Å². The van der Waals surface area contributed by atoms with Crippen LogP contribution in [0.3, 0.4) is 0 Å². The summed E-state index contributed by atoms with van der Waals surface area (Å²) >= 11 is 9.26. The largest absolute Gasteiger partial charge is 0.494 e. The summed E-state index contributed by atoms with van der Waals surface area (Å²) in [4.78, 5) is 12.2. The fourth-order valence-corrected chi connectivity index (χ4v) is 2.40. The van der Waals surface area contributed by atoms with Gasteiger partial charge in [0.05, 0.1) is 12.1 Å². The van der Waals surface area contributed by atoms with Crippen LogP contribution in [0.5, 0.6) is 5.75 Å². The van der Waals surface area contributed by atoms with Gasteiger partial charge in [0.15, 0.2) is 17.3 Å². The van der Waals surface area contributed by atoms with Crippen molar-refractivity contribution < 1.29 is 13.9 Å². The molecule has 2 aromatic rings. The van der Waals surface area contributed by atoms with Crippen molar-refractivity contribution in [2.24, 2.45) is 0 Å². The molecule has 98 valence electrons. The van der Waals surface area contributed by atoms with Gasteiger partial charge < -0.3 is 4.74 Å². The number of hydrogen-bond acceptors (Lipinski definition) is 2. The van der Waals surface area contributed by atoms with Gasteiger partial charge in [-0.05, 0) is 36.4 Å². The third-order valence-corrected chi connectivity index (χ3v) is 3.40. The molecule has 19 heavy (non-hydrogen) atoms. The summed E-state index contributed by atoms with van der Waals surface area (Å²) in [5, 5.41) is 0.315. The zero-order valence-electron chi connectivity index (χ0n) is 9.91. The molecule has 0 spiro atoms. The van der Waals surface area contributed by atoms with Crippen LogP contribution in [0, 0.1) is 5.82 Å². The Hall–Kier alpha value is -1.39. The van der Waals surface area contributed by atoms with Gasteiger partial charge in [0, 0.05) is 15.6 Å². The van der Waals surface area contributed by atoms with E-state index in [4.69, 9.17) is 16.3 Å². The number of halogens is 3. The maximum atomic E-state index is 13.6. The third kappa shape index (κ3) is 2.96. The van der Waals surface area contributed by atoms with E-state index in [1.54, 1.807) is 18.2 Å². The lowest BCUT2D eigenvalue weighted by atomic mass is 10.0. The van der Waals surface area contributed by atoms with E-state index in [0.717, 1.165) is 10.5 Å². The van der Waals surface area contributed by atoms with Gasteiger partial charge >= 0.3 is 0 Å². The average Bonchev–Trinajstić information content (AvgIpc) is 2.38. The number of carbonyl (C=O) groups excluding carboxylic acids is 1. The van der Waals surface area contributed by atoms with Gasteiger partial charge in [0.2, 0.25) is 0 Å². The monoisotopic (exact) mass is 342 g/mol. The summed E-state index contributed by atoms with van der Waals surface area (Å²) in [6.07, 6.45) is 0. The molecule has 0 aliphatic carbocycles. The van der Waals surface area contributed by atoms with Crippen LogP contribution in [0.25, 0.3) is 0 Å². The lowest BCUT2D eigenvalue weighted by Gasteiger charge is -2.06. The molecule has 0 amide bonds. The molecule has 0 bridgehead atoms. The molecule has 0 unspecified atom stereocenters. The molecule has 0 aliphatic heterocycles. The Labute approximate surface area is 123 Å². The zero-order chi connectivity index (χ0) is 14.0. The molecule has 0 aromatic heterocycles. The molecule has 0 saturated heterocycles. The van der Waals surface area contributed by atoms with Gasteiger partial charge in [0.25, 0.3) is 0 Å². The van der Waals surface area contributed by atoms with Crippen LogP contribution in [0.15, 0.2) is 40.9 Å². The molecule has 0 saturated carbocycles. The van der Waals surface area contributed by atoms with E-state index in [2.05, 4.69) is 15.9 Å². The first-order valence-corrected chi connectivity index (χ1v) is 6.53. The van der Waals surface area contributed by atoms with E-state index in [1.807, 2.05) is 0 Å². The standard InChI is InChI=1S/C14H9BrClFO2/c1-19-13-5-2-8(6-12(13)17)14(18)10-4-3-9(15)7-11(10)16/h2-7H,1H3. The number of rotatable bonds is 3. The normalized spacial score (nSPS) is 10.3. The van der Waals surface area contributed by atoms with Crippen LogP contribution < -0.4 is 4.74 Å². The predicted octanol–water partition coefficient (Wildman–Crippen LogP) is 4.48. The van der Waals surface area contributed by atoms with Crippen LogP contribution >= 0.6 is 27.5 Å². The lowest BCUT2D eigenvalue weighted by Crippen LogP contribution is -2.03. The van der Waals surface area contributed by atoms with Crippen molar-refractivity contribution in [3.63, 3.8) is 0 Å². The van der Waals surface area contributed by atoms with E-state index < -0.39 is 5.82 Å². The summed E-state index contributed by atoms with van der Waals surface area (Å²) in [6.45, 7) is 0. The van der Waals surface area contributed by atoms with Gasteiger partial charge in [-0.3, -0.25) is 4.79 Å². The molecular formula is C14H9BrClFO2. The molecule has 2 rings (SSSR count). The Morgan fingerprint density at radius 2 is 2.00 bits per heavy atom. The Morgan fingerprint density at radius 1 is 1.26 bits per heavy atom. The molecule has 0 aliphatic rings. The first-order valence-electron chi connectivity index (χ1n) is 5.36. The maximum Gasteiger partial charge on any atom is 0.194 e. The van der Waals surface area contributed by atoms with Crippen molar-refractivity contribution in [2.75, 3.05) is 7.11 Å². The number of hydrogen-bond donors (Lipinski definition) is 0. The molecule has 5 heteroatoms. The van der Waals surface area contributed by atoms with E-state index in [0.29, 0.717) is 10.6 Å². The predicted molar refractivity (Wildman–Crippen MR) is 75.5 cm³/mol. The molecule has 0 fully saturated rings. The molecule has 0 atom stereocenters. The van der Waals surface area contributed by atoms with Crippen LogP contribution in [0.2, 0.25) is 5.02 Å². The Bertz CT molecular complexity index is 643. The minimum atomic E-state index is -0.582. The van der Waals surface area contributed by atoms with Crippen LogP contribution in [-0.2, 0) is 0 Å². The van der Waals surface area contributed by atoms with Gasteiger partial charge in [-0.15, -0.1) is 0 Å². The Morgan fingerprint density at radius 3 is 2.58 bits per heavy atom. The summed E-state index contributed by atoms with van der Waals surface area (Å²) in [5.74, 6) is -0.820. The SMILES string of the molecule is COc1ccc(C(=O)c2ccc(Br)cc2Cl)cc1F. The first kappa shape index (κ1) is 14.0. The van der Waals surface area contributed by atoms with Crippen LogP contribution in [0.4, 0.5) is 4.39 Å². The van der Waals surface area contributed by atoms with Gasteiger partial charge in [-0.25, -0.2) is 4.39 Å². The summed E-state index contributed by atoms with van der Waals surface area (Å²) < 4.78 is 19.2. The highest BCUT2D eigenvalue weighted by molar-refractivity contribution is 9.10. The Kier molecular flexibility index (Phi) is 4.22. The van der Waals surface area contributed by atoms with E-state index in [1.165, 1.54) is 19.2 Å². The number of methoxy groups -OCH3 is 1. The second-order valence-corrected chi connectivity index (χ2v) is 5.13.